The third-order valence-electron chi connectivity index (χ3n) is 3.24. The van der Waals surface area contributed by atoms with Crippen molar-refractivity contribution in [2.45, 2.75) is 38.2 Å². The quantitative estimate of drug-likeness (QED) is 0.747. The first kappa shape index (κ1) is 11.4. The average molecular weight is 220 g/mol. The summed E-state index contributed by atoms with van der Waals surface area (Å²) in [6, 6.07) is 3.91. The van der Waals surface area contributed by atoms with Crippen LogP contribution >= 0.6 is 0 Å². The Kier molecular flexibility index (Phi) is 3.78. The topological polar surface area (TPSA) is 34.1 Å². The minimum absolute atomic E-state index is 0.0746. The predicted molar refractivity (Wildman–Crippen MR) is 64.6 cm³/mol. The Morgan fingerprint density at radius 2 is 2.38 bits per heavy atom. The number of rotatable bonds is 6. The summed E-state index contributed by atoms with van der Waals surface area (Å²) in [6.07, 6.45) is 8.30. The van der Waals surface area contributed by atoms with Crippen molar-refractivity contribution in [3.63, 3.8) is 0 Å². The molecule has 0 saturated heterocycles. The van der Waals surface area contributed by atoms with Crippen LogP contribution in [0.15, 0.2) is 24.5 Å². The number of hydrogen-bond acceptors (Lipinski definition) is 3. The summed E-state index contributed by atoms with van der Waals surface area (Å²) in [5.74, 6) is 0.902. The molecule has 0 aliphatic heterocycles. The van der Waals surface area contributed by atoms with E-state index in [1.54, 1.807) is 12.4 Å². The predicted octanol–water partition coefficient (Wildman–Crippen LogP) is 2.38. The summed E-state index contributed by atoms with van der Waals surface area (Å²) in [5, 5.41) is 3.36. The number of nitrogens with zero attached hydrogens (tertiary/aromatic N) is 1. The molecule has 0 amide bonds. The van der Waals surface area contributed by atoms with Crippen LogP contribution in [0.5, 0.6) is 5.75 Å². The maximum absolute atomic E-state index is 6.08. The molecule has 0 bridgehead atoms. The second-order valence-corrected chi connectivity index (χ2v) is 4.43. The molecular formula is C13H20N2O. The van der Waals surface area contributed by atoms with E-state index in [0.717, 1.165) is 25.3 Å². The third kappa shape index (κ3) is 2.73. The third-order valence-corrected chi connectivity index (χ3v) is 3.24. The van der Waals surface area contributed by atoms with Crippen LogP contribution in [0, 0.1) is 0 Å². The second-order valence-electron chi connectivity index (χ2n) is 4.43. The maximum atomic E-state index is 6.08. The van der Waals surface area contributed by atoms with Gasteiger partial charge < -0.3 is 10.1 Å². The molecule has 0 aromatic carbocycles. The Morgan fingerprint density at radius 3 is 2.94 bits per heavy atom. The second kappa shape index (κ2) is 5.30. The van der Waals surface area contributed by atoms with Crippen molar-refractivity contribution in [1.82, 2.24) is 10.3 Å². The maximum Gasteiger partial charge on any atom is 0.138 e. The fraction of sp³-hybridized carbons (Fsp3) is 0.615. The van der Waals surface area contributed by atoms with Gasteiger partial charge in [-0.3, -0.25) is 4.98 Å². The SMILES string of the molecule is CCNCCC1(Oc2cccnc2)CCC1. The van der Waals surface area contributed by atoms with E-state index in [0.29, 0.717) is 0 Å². The highest BCUT2D eigenvalue weighted by Gasteiger charge is 2.38. The summed E-state index contributed by atoms with van der Waals surface area (Å²) in [4.78, 5) is 4.08. The first-order valence-electron chi connectivity index (χ1n) is 6.14. The van der Waals surface area contributed by atoms with Crippen LogP contribution in [-0.2, 0) is 0 Å². The Balaban J connectivity index is 1.89. The monoisotopic (exact) mass is 220 g/mol. The molecule has 3 heteroatoms. The molecule has 1 heterocycles. The molecule has 88 valence electrons. The molecule has 0 radical (unpaired) electrons. The molecule has 1 aliphatic rings. The first-order valence-corrected chi connectivity index (χ1v) is 6.14. The van der Waals surface area contributed by atoms with Gasteiger partial charge in [-0.25, -0.2) is 0 Å². The summed E-state index contributed by atoms with van der Waals surface area (Å²) >= 11 is 0. The molecular weight excluding hydrogens is 200 g/mol. The molecule has 3 nitrogen and oxygen atoms in total. The van der Waals surface area contributed by atoms with E-state index < -0.39 is 0 Å². The Hall–Kier alpha value is -1.09. The summed E-state index contributed by atoms with van der Waals surface area (Å²) in [6.45, 7) is 4.20. The molecule has 0 atom stereocenters. The van der Waals surface area contributed by atoms with Crippen LogP contribution in [-0.4, -0.2) is 23.7 Å². The van der Waals surface area contributed by atoms with Gasteiger partial charge in [0.25, 0.3) is 0 Å². The molecule has 1 fully saturated rings. The largest absolute Gasteiger partial charge is 0.486 e. The summed E-state index contributed by atoms with van der Waals surface area (Å²) in [7, 11) is 0. The molecule has 1 aliphatic carbocycles. The van der Waals surface area contributed by atoms with Crippen molar-refractivity contribution in [2.24, 2.45) is 0 Å². The van der Waals surface area contributed by atoms with E-state index in [2.05, 4.69) is 17.2 Å². The van der Waals surface area contributed by atoms with Gasteiger partial charge >= 0.3 is 0 Å². The molecule has 0 unspecified atom stereocenters. The number of aromatic nitrogens is 1. The van der Waals surface area contributed by atoms with Gasteiger partial charge in [-0.05, 0) is 50.9 Å². The lowest BCUT2D eigenvalue weighted by Gasteiger charge is -2.42. The number of hydrogen-bond donors (Lipinski definition) is 1. The van der Waals surface area contributed by atoms with Gasteiger partial charge in [0.05, 0.1) is 6.20 Å². The molecule has 0 spiro atoms. The Labute approximate surface area is 97.2 Å². The van der Waals surface area contributed by atoms with Gasteiger partial charge in [0.1, 0.15) is 11.4 Å². The van der Waals surface area contributed by atoms with E-state index in [1.165, 1.54) is 19.3 Å². The Bertz CT molecular complexity index is 309. The van der Waals surface area contributed by atoms with Gasteiger partial charge in [0, 0.05) is 6.20 Å². The lowest BCUT2D eigenvalue weighted by atomic mass is 9.77. The van der Waals surface area contributed by atoms with Crippen LogP contribution in [0.2, 0.25) is 0 Å². The van der Waals surface area contributed by atoms with Crippen molar-refractivity contribution >= 4 is 0 Å². The highest BCUT2D eigenvalue weighted by molar-refractivity contribution is 5.17. The standard InChI is InChI=1S/C13H20N2O/c1-2-14-10-8-13(6-4-7-13)16-12-5-3-9-15-11-12/h3,5,9,11,14H,2,4,6-8,10H2,1H3. The fourth-order valence-electron chi connectivity index (χ4n) is 2.12. The van der Waals surface area contributed by atoms with Crippen molar-refractivity contribution in [3.8, 4) is 5.75 Å². The lowest BCUT2D eigenvalue weighted by Crippen LogP contribution is -2.45. The molecule has 1 N–H and O–H groups in total. The molecule has 1 saturated carbocycles. The zero-order valence-electron chi connectivity index (χ0n) is 9.91. The first-order chi connectivity index (χ1) is 7.85. The van der Waals surface area contributed by atoms with Gasteiger partial charge in [0.2, 0.25) is 0 Å². The zero-order valence-corrected chi connectivity index (χ0v) is 9.91. The number of ether oxygens (including phenoxy) is 1. The highest BCUT2D eigenvalue weighted by atomic mass is 16.5. The van der Waals surface area contributed by atoms with Gasteiger partial charge in [-0.1, -0.05) is 6.92 Å². The van der Waals surface area contributed by atoms with Crippen LogP contribution < -0.4 is 10.1 Å². The lowest BCUT2D eigenvalue weighted by molar-refractivity contribution is -0.0144. The van der Waals surface area contributed by atoms with E-state index in [4.69, 9.17) is 4.74 Å². The van der Waals surface area contributed by atoms with Crippen molar-refractivity contribution in [3.05, 3.63) is 24.5 Å². The van der Waals surface area contributed by atoms with Crippen molar-refractivity contribution in [2.75, 3.05) is 13.1 Å². The van der Waals surface area contributed by atoms with E-state index >= 15 is 0 Å². The number of pyridine rings is 1. The summed E-state index contributed by atoms with van der Waals surface area (Å²) in [5.41, 5.74) is 0.0746. The summed E-state index contributed by atoms with van der Waals surface area (Å²) < 4.78 is 6.08. The molecule has 1 aromatic heterocycles. The van der Waals surface area contributed by atoms with Crippen molar-refractivity contribution < 1.29 is 4.74 Å². The van der Waals surface area contributed by atoms with Crippen LogP contribution in [0.1, 0.15) is 32.6 Å². The Morgan fingerprint density at radius 1 is 1.50 bits per heavy atom. The van der Waals surface area contributed by atoms with E-state index in [9.17, 15) is 0 Å². The average Bonchev–Trinajstić information content (AvgIpc) is 2.27. The van der Waals surface area contributed by atoms with Gasteiger partial charge in [0.15, 0.2) is 0 Å². The fourth-order valence-corrected chi connectivity index (χ4v) is 2.12. The van der Waals surface area contributed by atoms with Gasteiger partial charge in [-0.2, -0.15) is 0 Å². The normalized spacial score (nSPS) is 17.8. The van der Waals surface area contributed by atoms with Gasteiger partial charge in [-0.15, -0.1) is 0 Å². The minimum atomic E-state index is 0.0746. The minimum Gasteiger partial charge on any atom is -0.486 e. The zero-order chi connectivity index (χ0) is 11.3. The molecule has 1 aromatic rings. The molecule has 2 rings (SSSR count). The smallest absolute Gasteiger partial charge is 0.138 e. The highest BCUT2D eigenvalue weighted by Crippen LogP contribution is 2.38. The molecule has 16 heavy (non-hydrogen) atoms. The van der Waals surface area contributed by atoms with E-state index in [1.807, 2.05) is 12.1 Å². The van der Waals surface area contributed by atoms with E-state index in [-0.39, 0.29) is 5.60 Å². The number of nitrogens with one attached hydrogen (secondary N) is 1. The van der Waals surface area contributed by atoms with Crippen LogP contribution in [0.25, 0.3) is 0 Å². The van der Waals surface area contributed by atoms with Crippen LogP contribution in [0.4, 0.5) is 0 Å². The van der Waals surface area contributed by atoms with Crippen LogP contribution in [0.3, 0.4) is 0 Å². The van der Waals surface area contributed by atoms with Crippen molar-refractivity contribution in [1.29, 1.82) is 0 Å².